The Hall–Kier alpha value is -7.42. The van der Waals surface area contributed by atoms with E-state index < -0.39 is 0 Å². The van der Waals surface area contributed by atoms with Crippen LogP contribution in [0.4, 0.5) is 0 Å². The second-order valence-electron chi connectivity index (χ2n) is 16.1. The van der Waals surface area contributed by atoms with Gasteiger partial charge in [0.1, 0.15) is 0 Å². The van der Waals surface area contributed by atoms with E-state index in [1.807, 2.05) is 0 Å². The Morgan fingerprint density at radius 2 is 0.864 bits per heavy atom. The highest BCUT2D eigenvalue weighted by Gasteiger charge is 2.38. The van der Waals surface area contributed by atoms with E-state index in [1.165, 1.54) is 55.1 Å². The molecule has 11 rings (SSSR count). The maximum Gasteiger partial charge on any atom is 0.161 e. The van der Waals surface area contributed by atoms with Gasteiger partial charge >= 0.3 is 0 Å². The molecule has 0 N–H and O–H groups in total. The van der Waals surface area contributed by atoms with E-state index in [2.05, 4.69) is 220 Å². The Morgan fingerprint density at radius 1 is 0.322 bits per heavy atom. The lowest BCUT2D eigenvalue weighted by Gasteiger charge is -2.25. The molecule has 0 spiro atoms. The van der Waals surface area contributed by atoms with Gasteiger partial charge in [-0.25, -0.2) is 9.97 Å². The molecule has 2 heteroatoms. The first-order valence-corrected chi connectivity index (χ1v) is 20.4. The van der Waals surface area contributed by atoms with Crippen molar-refractivity contribution in [1.82, 2.24) is 9.97 Å². The van der Waals surface area contributed by atoms with Crippen LogP contribution in [0.3, 0.4) is 0 Å². The van der Waals surface area contributed by atoms with E-state index in [0.29, 0.717) is 5.82 Å². The summed E-state index contributed by atoms with van der Waals surface area (Å²) in [6.07, 6.45) is 0. The predicted molar refractivity (Wildman–Crippen MR) is 247 cm³/mol. The number of hydrogen-bond donors (Lipinski definition) is 0. The molecular formula is C57H40N2. The van der Waals surface area contributed by atoms with Crippen LogP contribution >= 0.6 is 0 Å². The van der Waals surface area contributed by atoms with Crippen molar-refractivity contribution in [3.63, 3.8) is 0 Å². The van der Waals surface area contributed by atoms with Gasteiger partial charge in [-0.05, 0) is 108 Å². The summed E-state index contributed by atoms with van der Waals surface area (Å²) in [7, 11) is 0. The highest BCUT2D eigenvalue weighted by molar-refractivity contribution is 6.06. The monoisotopic (exact) mass is 752 g/mol. The Bertz CT molecular complexity index is 3220. The Morgan fingerprint density at radius 3 is 1.58 bits per heavy atom. The van der Waals surface area contributed by atoms with Crippen molar-refractivity contribution in [3.8, 4) is 78.4 Å². The van der Waals surface area contributed by atoms with Crippen LogP contribution in [0.2, 0.25) is 0 Å². The summed E-state index contributed by atoms with van der Waals surface area (Å²) in [5, 5.41) is 4.86. The number of benzene rings is 9. The summed E-state index contributed by atoms with van der Waals surface area (Å²) in [6.45, 7) is 4.76. The second kappa shape index (κ2) is 13.9. The molecular weight excluding hydrogens is 713 g/mol. The van der Waals surface area contributed by atoms with Crippen LogP contribution in [-0.4, -0.2) is 9.97 Å². The topological polar surface area (TPSA) is 25.8 Å². The third-order valence-corrected chi connectivity index (χ3v) is 12.3. The van der Waals surface area contributed by atoms with E-state index in [1.54, 1.807) is 0 Å². The number of nitrogens with zero attached hydrogens (tertiary/aromatic N) is 2. The van der Waals surface area contributed by atoms with Gasteiger partial charge in [-0.15, -0.1) is 0 Å². The lowest BCUT2D eigenvalue weighted by atomic mass is 9.78. The van der Waals surface area contributed by atoms with Crippen molar-refractivity contribution >= 4 is 21.5 Å². The van der Waals surface area contributed by atoms with Crippen LogP contribution in [-0.2, 0) is 5.41 Å². The molecule has 0 saturated carbocycles. The number of hydrogen-bond acceptors (Lipinski definition) is 2. The van der Waals surface area contributed by atoms with Gasteiger partial charge in [0.15, 0.2) is 5.82 Å². The van der Waals surface area contributed by atoms with Crippen molar-refractivity contribution in [1.29, 1.82) is 0 Å². The van der Waals surface area contributed by atoms with Gasteiger partial charge in [-0.2, -0.15) is 0 Å². The first kappa shape index (κ1) is 34.8. The molecule has 10 aromatic rings. The quantitative estimate of drug-likeness (QED) is 0.169. The van der Waals surface area contributed by atoms with Gasteiger partial charge in [0.05, 0.1) is 11.4 Å². The SMILES string of the molecule is CC1(C)c2cc3ccccc3cc2-c2cccc(-c3ccc(-c4nc(-c5ccccc5)cc(-c5cc(-c6ccccc6)ccc5-c5ccccc5)n4)c4ccccc34)c21. The van der Waals surface area contributed by atoms with Gasteiger partial charge in [0.25, 0.3) is 0 Å². The lowest BCUT2D eigenvalue weighted by molar-refractivity contribution is 0.663. The zero-order valence-electron chi connectivity index (χ0n) is 33.0. The van der Waals surface area contributed by atoms with Crippen LogP contribution in [0.1, 0.15) is 25.0 Å². The molecule has 0 bridgehead atoms. The van der Waals surface area contributed by atoms with Gasteiger partial charge in [0.2, 0.25) is 0 Å². The van der Waals surface area contributed by atoms with Gasteiger partial charge < -0.3 is 0 Å². The van der Waals surface area contributed by atoms with Crippen LogP contribution in [0.25, 0.3) is 100.0 Å². The van der Waals surface area contributed by atoms with Gasteiger partial charge in [0, 0.05) is 22.1 Å². The third-order valence-electron chi connectivity index (χ3n) is 12.3. The minimum absolute atomic E-state index is 0.183. The molecule has 0 saturated heterocycles. The van der Waals surface area contributed by atoms with Crippen molar-refractivity contribution in [2.24, 2.45) is 0 Å². The summed E-state index contributed by atoms with van der Waals surface area (Å²) >= 11 is 0. The molecule has 1 aliphatic rings. The number of fused-ring (bicyclic) bond motifs is 5. The highest BCUT2D eigenvalue weighted by atomic mass is 14.9. The van der Waals surface area contributed by atoms with Crippen molar-refractivity contribution in [2.45, 2.75) is 19.3 Å². The van der Waals surface area contributed by atoms with E-state index in [0.717, 1.165) is 50.2 Å². The fraction of sp³-hybridized carbons (Fsp3) is 0.0526. The van der Waals surface area contributed by atoms with Crippen LogP contribution in [0, 0.1) is 0 Å². The van der Waals surface area contributed by atoms with Crippen LogP contribution in [0.15, 0.2) is 206 Å². The Kier molecular flexibility index (Phi) is 8.20. The molecule has 1 aromatic heterocycles. The minimum Gasteiger partial charge on any atom is -0.228 e. The third kappa shape index (κ3) is 5.87. The van der Waals surface area contributed by atoms with E-state index >= 15 is 0 Å². The summed E-state index contributed by atoms with van der Waals surface area (Å²) in [4.78, 5) is 10.9. The molecule has 0 atom stereocenters. The largest absolute Gasteiger partial charge is 0.228 e. The Labute approximate surface area is 345 Å². The molecule has 0 fully saturated rings. The second-order valence-corrected chi connectivity index (χ2v) is 16.1. The zero-order valence-corrected chi connectivity index (χ0v) is 33.0. The normalized spacial score (nSPS) is 12.7. The first-order valence-electron chi connectivity index (χ1n) is 20.4. The fourth-order valence-electron chi connectivity index (χ4n) is 9.42. The minimum atomic E-state index is -0.183. The van der Waals surface area contributed by atoms with Crippen LogP contribution in [0.5, 0.6) is 0 Å². The molecule has 2 nitrogen and oxygen atoms in total. The van der Waals surface area contributed by atoms with Gasteiger partial charge in [-0.1, -0.05) is 190 Å². The summed E-state index contributed by atoms with van der Waals surface area (Å²) in [5.74, 6) is 0.700. The molecule has 0 unspecified atom stereocenters. The molecule has 0 amide bonds. The zero-order chi connectivity index (χ0) is 39.5. The molecule has 0 radical (unpaired) electrons. The number of aromatic nitrogens is 2. The Balaban J connectivity index is 1.12. The molecule has 59 heavy (non-hydrogen) atoms. The van der Waals surface area contributed by atoms with Crippen LogP contribution < -0.4 is 0 Å². The summed E-state index contributed by atoms with van der Waals surface area (Å²) < 4.78 is 0. The van der Waals surface area contributed by atoms with Crippen molar-refractivity contribution in [2.75, 3.05) is 0 Å². The van der Waals surface area contributed by atoms with E-state index in [-0.39, 0.29) is 5.41 Å². The molecule has 9 aromatic carbocycles. The molecule has 1 heterocycles. The predicted octanol–water partition coefficient (Wildman–Crippen LogP) is 15.1. The van der Waals surface area contributed by atoms with Crippen molar-refractivity contribution < 1.29 is 0 Å². The average Bonchev–Trinajstić information content (AvgIpc) is 3.53. The smallest absolute Gasteiger partial charge is 0.161 e. The molecule has 1 aliphatic carbocycles. The van der Waals surface area contributed by atoms with Gasteiger partial charge in [-0.3, -0.25) is 0 Å². The lowest BCUT2D eigenvalue weighted by Crippen LogP contribution is -2.16. The molecule has 0 aliphatic heterocycles. The summed E-state index contributed by atoms with van der Waals surface area (Å²) in [5.41, 5.74) is 17.2. The van der Waals surface area contributed by atoms with E-state index in [9.17, 15) is 0 Å². The average molecular weight is 753 g/mol. The van der Waals surface area contributed by atoms with Crippen molar-refractivity contribution in [3.05, 3.63) is 217 Å². The first-order chi connectivity index (χ1) is 29.0. The highest BCUT2D eigenvalue weighted by Crippen LogP contribution is 2.54. The maximum absolute atomic E-state index is 5.50. The number of rotatable bonds is 6. The maximum atomic E-state index is 5.50. The van der Waals surface area contributed by atoms with E-state index in [4.69, 9.17) is 9.97 Å². The summed E-state index contributed by atoms with van der Waals surface area (Å²) in [6, 6.07) is 74.2. The standard InChI is InChI=1S/C57H40N2/c1-57(2)52-35-41-24-13-12-23-40(41)33-50(52)48-28-16-27-47(55(48)57)46-31-32-49(45-26-15-14-25-44(45)46)56-58-53(39-21-10-5-11-22-39)36-54(59-56)51-34-42(37-17-6-3-7-18-37)29-30-43(51)38-19-8-4-9-20-38/h3-36H,1-2H3. The fourth-order valence-corrected chi connectivity index (χ4v) is 9.42. The molecule has 278 valence electrons.